The van der Waals surface area contributed by atoms with E-state index < -0.39 is 0 Å². The molecular weight excluding hydrogens is 226 g/mol. The lowest BCUT2D eigenvalue weighted by Crippen LogP contribution is -2.15. The Balaban J connectivity index is 2.35. The summed E-state index contributed by atoms with van der Waals surface area (Å²) >= 11 is 0. The number of pyridine rings is 1. The first-order chi connectivity index (χ1) is 8.54. The molecule has 18 heavy (non-hydrogen) atoms. The largest absolute Gasteiger partial charge is 0.382 e. The molecule has 0 bridgehead atoms. The maximum Gasteiger partial charge on any atom is 0.154 e. The predicted octanol–water partition coefficient (Wildman–Crippen LogP) is 1.83. The third-order valence-corrected chi connectivity index (χ3v) is 2.36. The lowest BCUT2D eigenvalue weighted by atomic mass is 10.2. The van der Waals surface area contributed by atoms with Crippen molar-refractivity contribution >= 4 is 11.7 Å². The second-order valence-electron chi connectivity index (χ2n) is 4.18. The molecule has 0 aliphatic heterocycles. The monoisotopic (exact) mass is 241 g/mol. The Morgan fingerprint density at radius 2 is 1.83 bits per heavy atom. The average Bonchev–Trinajstić information content (AvgIpc) is 2.28. The molecule has 0 aliphatic rings. The Hall–Kier alpha value is -2.30. The highest BCUT2D eigenvalue weighted by Gasteiger charge is 2.02. The van der Waals surface area contributed by atoms with E-state index in [0.29, 0.717) is 17.3 Å². The first kappa shape index (κ1) is 12.2. The summed E-state index contributed by atoms with van der Waals surface area (Å²) in [7, 11) is 0. The van der Waals surface area contributed by atoms with Gasteiger partial charge in [-0.05, 0) is 38.5 Å². The van der Waals surface area contributed by atoms with Crippen molar-refractivity contribution in [2.24, 2.45) is 10.7 Å². The summed E-state index contributed by atoms with van der Waals surface area (Å²) in [5.41, 5.74) is 9.30. The van der Waals surface area contributed by atoms with E-state index >= 15 is 0 Å². The molecule has 0 atom stereocenters. The molecule has 2 N–H and O–H groups in total. The fourth-order valence-electron chi connectivity index (χ4n) is 1.58. The zero-order valence-corrected chi connectivity index (χ0v) is 10.7. The molecule has 0 amide bonds. The number of nitrogens with zero attached hydrogens (tertiary/aromatic N) is 4. The molecule has 5 heteroatoms. The molecule has 0 saturated carbocycles. The molecule has 2 heterocycles. The van der Waals surface area contributed by atoms with Crippen LogP contribution in [0.4, 0.5) is 5.82 Å². The Bertz CT molecular complexity index is 567. The van der Waals surface area contributed by atoms with Crippen LogP contribution in [0.2, 0.25) is 0 Å². The first-order valence-corrected chi connectivity index (χ1v) is 5.63. The molecule has 0 saturated heterocycles. The summed E-state index contributed by atoms with van der Waals surface area (Å²) in [5, 5.41) is 0. The number of hydrogen-bond acceptors (Lipinski definition) is 4. The number of amidine groups is 1. The maximum atomic E-state index is 5.88. The highest BCUT2D eigenvalue weighted by Crippen LogP contribution is 2.12. The summed E-state index contributed by atoms with van der Waals surface area (Å²) < 4.78 is 0. The number of nitrogens with two attached hydrogens (primary N) is 1. The number of aliphatic imine (C=N–C) groups is 1. The molecule has 0 aliphatic carbocycles. The van der Waals surface area contributed by atoms with Gasteiger partial charge in [0, 0.05) is 11.9 Å². The molecule has 0 unspecified atom stereocenters. The SMILES string of the molecule is Cc1cc(C)nc(N=C(N)c2cnc(C)cn2)c1. The van der Waals surface area contributed by atoms with Gasteiger partial charge in [-0.3, -0.25) is 4.98 Å². The van der Waals surface area contributed by atoms with Gasteiger partial charge in [-0.1, -0.05) is 0 Å². The molecule has 2 aromatic rings. The van der Waals surface area contributed by atoms with Crippen molar-refractivity contribution in [1.82, 2.24) is 15.0 Å². The summed E-state index contributed by atoms with van der Waals surface area (Å²) in [5.74, 6) is 0.910. The minimum atomic E-state index is 0.319. The molecule has 0 fully saturated rings. The predicted molar refractivity (Wildman–Crippen MR) is 70.9 cm³/mol. The van der Waals surface area contributed by atoms with E-state index in [0.717, 1.165) is 17.0 Å². The van der Waals surface area contributed by atoms with Gasteiger partial charge in [0.25, 0.3) is 0 Å². The van der Waals surface area contributed by atoms with Gasteiger partial charge in [-0.25, -0.2) is 15.0 Å². The smallest absolute Gasteiger partial charge is 0.154 e. The lowest BCUT2D eigenvalue weighted by Gasteiger charge is -2.02. The van der Waals surface area contributed by atoms with Gasteiger partial charge in [0.05, 0.1) is 11.9 Å². The van der Waals surface area contributed by atoms with Gasteiger partial charge < -0.3 is 5.73 Å². The molecule has 92 valence electrons. The minimum Gasteiger partial charge on any atom is -0.382 e. The fourth-order valence-corrected chi connectivity index (χ4v) is 1.58. The van der Waals surface area contributed by atoms with Crippen molar-refractivity contribution in [2.45, 2.75) is 20.8 Å². The van der Waals surface area contributed by atoms with Crippen molar-refractivity contribution in [3.63, 3.8) is 0 Å². The number of rotatable bonds is 2. The number of hydrogen-bond donors (Lipinski definition) is 1. The van der Waals surface area contributed by atoms with Crippen molar-refractivity contribution in [2.75, 3.05) is 0 Å². The second kappa shape index (κ2) is 4.91. The molecule has 0 aromatic carbocycles. The molecule has 2 aromatic heterocycles. The zero-order valence-electron chi connectivity index (χ0n) is 10.7. The standard InChI is InChI=1S/C13H15N5/c1-8-4-9(2)17-12(5-8)18-13(14)11-7-15-10(3)6-16-11/h4-7H,1-3H3,(H2,14,17,18). The second-order valence-corrected chi connectivity index (χ2v) is 4.18. The lowest BCUT2D eigenvalue weighted by molar-refractivity contribution is 1.09. The van der Waals surface area contributed by atoms with E-state index in [1.54, 1.807) is 12.4 Å². The van der Waals surface area contributed by atoms with Crippen LogP contribution in [0.25, 0.3) is 0 Å². The van der Waals surface area contributed by atoms with E-state index in [1.807, 2.05) is 32.9 Å². The Kier molecular flexibility index (Phi) is 3.32. The van der Waals surface area contributed by atoms with Crippen LogP contribution in [0, 0.1) is 20.8 Å². The van der Waals surface area contributed by atoms with Gasteiger partial charge in [-0.2, -0.15) is 0 Å². The topological polar surface area (TPSA) is 77.0 Å². The Morgan fingerprint density at radius 3 is 2.44 bits per heavy atom. The van der Waals surface area contributed by atoms with Gasteiger partial charge in [-0.15, -0.1) is 0 Å². The average molecular weight is 241 g/mol. The van der Waals surface area contributed by atoms with Crippen LogP contribution in [0.3, 0.4) is 0 Å². The van der Waals surface area contributed by atoms with E-state index in [-0.39, 0.29) is 0 Å². The maximum absolute atomic E-state index is 5.88. The Morgan fingerprint density at radius 1 is 1.06 bits per heavy atom. The van der Waals surface area contributed by atoms with Crippen LogP contribution < -0.4 is 5.73 Å². The molecule has 2 rings (SSSR count). The highest BCUT2D eigenvalue weighted by atomic mass is 15.0. The Labute approximate surface area is 106 Å². The third kappa shape index (κ3) is 2.88. The van der Waals surface area contributed by atoms with Crippen molar-refractivity contribution in [3.8, 4) is 0 Å². The highest BCUT2D eigenvalue weighted by molar-refractivity contribution is 5.96. The van der Waals surface area contributed by atoms with Crippen LogP contribution in [0.1, 0.15) is 22.6 Å². The number of aromatic nitrogens is 3. The van der Waals surface area contributed by atoms with Gasteiger partial charge in [0.2, 0.25) is 0 Å². The number of aryl methyl sites for hydroxylation is 3. The van der Waals surface area contributed by atoms with Crippen LogP contribution in [0.5, 0.6) is 0 Å². The van der Waals surface area contributed by atoms with Crippen molar-refractivity contribution < 1.29 is 0 Å². The summed E-state index contributed by atoms with van der Waals surface area (Å²) in [6.07, 6.45) is 3.27. The quantitative estimate of drug-likeness (QED) is 0.642. The van der Waals surface area contributed by atoms with Gasteiger partial charge in [0.15, 0.2) is 11.7 Å². The van der Waals surface area contributed by atoms with E-state index in [9.17, 15) is 0 Å². The van der Waals surface area contributed by atoms with Gasteiger partial charge >= 0.3 is 0 Å². The first-order valence-electron chi connectivity index (χ1n) is 5.63. The summed E-state index contributed by atoms with van der Waals surface area (Å²) in [6.45, 7) is 5.79. The third-order valence-electron chi connectivity index (χ3n) is 2.36. The van der Waals surface area contributed by atoms with Crippen LogP contribution >= 0.6 is 0 Å². The minimum absolute atomic E-state index is 0.319. The van der Waals surface area contributed by atoms with E-state index in [4.69, 9.17) is 5.73 Å². The summed E-state index contributed by atoms with van der Waals surface area (Å²) in [4.78, 5) is 16.9. The van der Waals surface area contributed by atoms with Crippen LogP contribution in [0.15, 0.2) is 29.5 Å². The van der Waals surface area contributed by atoms with Crippen LogP contribution in [-0.2, 0) is 0 Å². The molecule has 0 spiro atoms. The molecule has 5 nitrogen and oxygen atoms in total. The van der Waals surface area contributed by atoms with Gasteiger partial charge in [0.1, 0.15) is 5.69 Å². The normalized spacial score (nSPS) is 11.6. The van der Waals surface area contributed by atoms with Crippen LogP contribution in [-0.4, -0.2) is 20.8 Å². The molecular formula is C13H15N5. The van der Waals surface area contributed by atoms with Crippen molar-refractivity contribution in [1.29, 1.82) is 0 Å². The molecule has 0 radical (unpaired) electrons. The summed E-state index contributed by atoms with van der Waals surface area (Å²) in [6, 6.07) is 3.86. The zero-order chi connectivity index (χ0) is 13.1. The van der Waals surface area contributed by atoms with Crippen molar-refractivity contribution in [3.05, 3.63) is 47.2 Å². The van der Waals surface area contributed by atoms with E-state index in [1.165, 1.54) is 0 Å². The fraction of sp³-hybridized carbons (Fsp3) is 0.231. The van der Waals surface area contributed by atoms with E-state index in [2.05, 4.69) is 19.9 Å².